The SMILES string of the molecule is O=C(CC1(C(=O)O)CCCC1)NC1CCCS(=O)(=O)C1. The molecule has 1 saturated carbocycles. The van der Waals surface area contributed by atoms with E-state index in [0.29, 0.717) is 25.7 Å². The molecule has 0 spiro atoms. The maximum atomic E-state index is 12.0. The Bertz CT molecular complexity index is 493. The highest BCUT2D eigenvalue weighted by Crippen LogP contribution is 2.41. The Kier molecular flexibility index (Phi) is 4.36. The van der Waals surface area contributed by atoms with Crippen LogP contribution in [0.4, 0.5) is 0 Å². The van der Waals surface area contributed by atoms with Crippen LogP contribution in [-0.4, -0.2) is 42.9 Å². The van der Waals surface area contributed by atoms with Crippen molar-refractivity contribution in [1.29, 1.82) is 0 Å². The van der Waals surface area contributed by atoms with Crippen LogP contribution in [0, 0.1) is 5.41 Å². The van der Waals surface area contributed by atoms with Crippen LogP contribution >= 0.6 is 0 Å². The summed E-state index contributed by atoms with van der Waals surface area (Å²) in [6, 6.07) is -0.367. The first-order valence-electron chi connectivity index (χ1n) is 7.06. The minimum atomic E-state index is -3.07. The molecule has 1 heterocycles. The molecule has 7 heteroatoms. The minimum absolute atomic E-state index is 0.0290. The van der Waals surface area contributed by atoms with Gasteiger partial charge >= 0.3 is 5.97 Å². The lowest BCUT2D eigenvalue weighted by Gasteiger charge is -2.27. The molecule has 1 aliphatic heterocycles. The Balaban J connectivity index is 1.93. The Labute approximate surface area is 118 Å². The van der Waals surface area contributed by atoms with Gasteiger partial charge in [0.25, 0.3) is 0 Å². The smallest absolute Gasteiger partial charge is 0.310 e. The van der Waals surface area contributed by atoms with Crippen molar-refractivity contribution in [3.63, 3.8) is 0 Å². The van der Waals surface area contributed by atoms with Gasteiger partial charge in [-0.05, 0) is 25.7 Å². The fourth-order valence-corrected chi connectivity index (χ4v) is 4.88. The topological polar surface area (TPSA) is 101 Å². The van der Waals surface area contributed by atoms with Gasteiger partial charge < -0.3 is 10.4 Å². The molecule has 0 aromatic carbocycles. The van der Waals surface area contributed by atoms with Crippen molar-refractivity contribution in [2.24, 2.45) is 5.41 Å². The molecule has 6 nitrogen and oxygen atoms in total. The van der Waals surface area contributed by atoms with Crippen LogP contribution in [0.25, 0.3) is 0 Å². The number of rotatable bonds is 4. The van der Waals surface area contributed by atoms with Gasteiger partial charge in [0.15, 0.2) is 9.84 Å². The van der Waals surface area contributed by atoms with Crippen molar-refractivity contribution in [1.82, 2.24) is 5.32 Å². The normalized spacial score (nSPS) is 27.9. The summed E-state index contributed by atoms with van der Waals surface area (Å²) in [6.07, 6.45) is 3.87. The van der Waals surface area contributed by atoms with Crippen molar-refractivity contribution in [2.75, 3.05) is 11.5 Å². The third-order valence-electron chi connectivity index (χ3n) is 4.34. The maximum Gasteiger partial charge on any atom is 0.310 e. The van der Waals surface area contributed by atoms with Gasteiger partial charge in [-0.1, -0.05) is 12.8 Å². The first-order chi connectivity index (χ1) is 9.33. The average Bonchev–Trinajstić information content (AvgIpc) is 2.77. The van der Waals surface area contributed by atoms with Gasteiger partial charge in [-0.3, -0.25) is 9.59 Å². The van der Waals surface area contributed by atoms with Gasteiger partial charge in [0.2, 0.25) is 5.91 Å². The minimum Gasteiger partial charge on any atom is -0.481 e. The summed E-state index contributed by atoms with van der Waals surface area (Å²) < 4.78 is 23.0. The molecule has 0 radical (unpaired) electrons. The Hall–Kier alpha value is -1.11. The summed E-state index contributed by atoms with van der Waals surface area (Å²) >= 11 is 0. The molecule has 2 rings (SSSR count). The highest BCUT2D eigenvalue weighted by atomic mass is 32.2. The monoisotopic (exact) mass is 303 g/mol. The van der Waals surface area contributed by atoms with E-state index in [1.54, 1.807) is 0 Å². The molecule has 2 N–H and O–H groups in total. The van der Waals surface area contributed by atoms with Gasteiger partial charge in [0, 0.05) is 12.5 Å². The maximum absolute atomic E-state index is 12.0. The van der Waals surface area contributed by atoms with E-state index in [1.165, 1.54) is 0 Å². The van der Waals surface area contributed by atoms with Crippen LogP contribution < -0.4 is 5.32 Å². The summed E-state index contributed by atoms with van der Waals surface area (Å²) in [5.74, 6) is -1.10. The number of carboxylic acid groups (broad SMARTS) is 1. The van der Waals surface area contributed by atoms with Crippen LogP contribution in [0.2, 0.25) is 0 Å². The molecule has 114 valence electrons. The highest BCUT2D eigenvalue weighted by molar-refractivity contribution is 7.91. The summed E-state index contributed by atoms with van der Waals surface area (Å²) in [7, 11) is -3.07. The van der Waals surface area contributed by atoms with E-state index in [2.05, 4.69) is 5.32 Å². The molecule has 1 unspecified atom stereocenters. The number of amides is 1. The first-order valence-corrected chi connectivity index (χ1v) is 8.88. The molecule has 1 aliphatic carbocycles. The van der Waals surface area contributed by atoms with Gasteiger partial charge in [-0.2, -0.15) is 0 Å². The summed E-state index contributed by atoms with van der Waals surface area (Å²) in [5, 5.41) is 12.0. The molecular weight excluding hydrogens is 282 g/mol. The number of nitrogens with one attached hydrogen (secondary N) is 1. The summed E-state index contributed by atoms with van der Waals surface area (Å²) in [5.41, 5.74) is -0.947. The van der Waals surface area contributed by atoms with Gasteiger partial charge in [0.05, 0.1) is 16.9 Å². The van der Waals surface area contributed by atoms with E-state index in [-0.39, 0.29) is 29.9 Å². The number of carbonyl (C=O) groups excluding carboxylic acids is 1. The zero-order valence-corrected chi connectivity index (χ0v) is 12.2. The Morgan fingerprint density at radius 1 is 1.20 bits per heavy atom. The van der Waals surface area contributed by atoms with Crippen LogP contribution in [-0.2, 0) is 19.4 Å². The van der Waals surface area contributed by atoms with E-state index in [0.717, 1.165) is 12.8 Å². The van der Waals surface area contributed by atoms with Gasteiger partial charge in [-0.25, -0.2) is 8.42 Å². The van der Waals surface area contributed by atoms with Crippen molar-refractivity contribution in [2.45, 2.75) is 51.0 Å². The zero-order chi connectivity index (χ0) is 14.8. The van der Waals surface area contributed by atoms with E-state index in [4.69, 9.17) is 0 Å². The quantitative estimate of drug-likeness (QED) is 0.797. The van der Waals surface area contributed by atoms with Gasteiger partial charge in [0.1, 0.15) is 0 Å². The van der Waals surface area contributed by atoms with E-state index in [9.17, 15) is 23.1 Å². The number of carboxylic acids is 1. The summed E-state index contributed by atoms with van der Waals surface area (Å²) in [6.45, 7) is 0. The van der Waals surface area contributed by atoms with Crippen molar-refractivity contribution in [3.05, 3.63) is 0 Å². The lowest BCUT2D eigenvalue weighted by molar-refractivity contribution is -0.151. The molecule has 1 amide bonds. The van der Waals surface area contributed by atoms with Crippen LogP contribution in [0.1, 0.15) is 44.9 Å². The molecule has 20 heavy (non-hydrogen) atoms. The molecule has 1 saturated heterocycles. The molecule has 0 bridgehead atoms. The predicted octanol–water partition coefficient (Wildman–Crippen LogP) is 0.715. The van der Waals surface area contributed by atoms with Gasteiger partial charge in [-0.15, -0.1) is 0 Å². The second-order valence-corrected chi connectivity index (χ2v) is 8.22. The van der Waals surface area contributed by atoms with Crippen LogP contribution in [0.5, 0.6) is 0 Å². The molecule has 1 atom stereocenters. The second-order valence-electron chi connectivity index (χ2n) is 5.99. The van der Waals surface area contributed by atoms with Crippen molar-refractivity contribution >= 4 is 21.7 Å². The molecule has 0 aromatic rings. The van der Waals surface area contributed by atoms with E-state index < -0.39 is 21.2 Å². The van der Waals surface area contributed by atoms with E-state index in [1.807, 2.05) is 0 Å². The number of hydrogen-bond acceptors (Lipinski definition) is 4. The van der Waals surface area contributed by atoms with Crippen LogP contribution in [0.15, 0.2) is 0 Å². The predicted molar refractivity (Wildman–Crippen MR) is 73.0 cm³/mol. The first kappa shape index (κ1) is 15.3. The fourth-order valence-electron chi connectivity index (χ4n) is 3.24. The highest BCUT2D eigenvalue weighted by Gasteiger charge is 2.43. The number of carbonyl (C=O) groups is 2. The van der Waals surface area contributed by atoms with Crippen molar-refractivity contribution in [3.8, 4) is 0 Å². The lowest BCUT2D eigenvalue weighted by atomic mass is 9.82. The second kappa shape index (κ2) is 5.71. The summed E-state index contributed by atoms with van der Waals surface area (Å²) in [4.78, 5) is 23.4. The lowest BCUT2D eigenvalue weighted by Crippen LogP contribution is -2.45. The Morgan fingerprint density at radius 3 is 2.40 bits per heavy atom. The third kappa shape index (κ3) is 3.50. The van der Waals surface area contributed by atoms with E-state index >= 15 is 0 Å². The van der Waals surface area contributed by atoms with Crippen molar-refractivity contribution < 1.29 is 23.1 Å². The molecular formula is C13H21NO5S. The Morgan fingerprint density at radius 2 is 1.85 bits per heavy atom. The third-order valence-corrected chi connectivity index (χ3v) is 6.16. The fraction of sp³-hybridized carbons (Fsp3) is 0.846. The molecule has 2 aliphatic rings. The van der Waals surface area contributed by atoms with Crippen LogP contribution in [0.3, 0.4) is 0 Å². The number of hydrogen-bond donors (Lipinski definition) is 2. The number of sulfone groups is 1. The molecule has 2 fully saturated rings. The average molecular weight is 303 g/mol. The number of aliphatic carboxylic acids is 1. The zero-order valence-electron chi connectivity index (χ0n) is 11.4. The largest absolute Gasteiger partial charge is 0.481 e. The standard InChI is InChI=1S/C13H21NO5S/c15-11(8-13(12(16)17)5-1-2-6-13)14-10-4-3-7-20(18,19)9-10/h10H,1-9H2,(H,14,15)(H,16,17). The molecule has 0 aromatic heterocycles.